The largest absolute Gasteiger partial charge is 0.480 e. The molecule has 0 spiro atoms. The number of amides is 1. The van der Waals surface area contributed by atoms with Crippen molar-refractivity contribution in [2.45, 2.75) is 19.1 Å². The third-order valence-electron chi connectivity index (χ3n) is 2.44. The van der Waals surface area contributed by atoms with Crippen molar-refractivity contribution in [3.63, 3.8) is 0 Å². The molecule has 1 rings (SSSR count). The van der Waals surface area contributed by atoms with Gasteiger partial charge >= 0.3 is 5.97 Å². The molecule has 0 saturated heterocycles. The van der Waals surface area contributed by atoms with Crippen molar-refractivity contribution in [2.24, 2.45) is 0 Å². The van der Waals surface area contributed by atoms with Crippen LogP contribution in [0.25, 0.3) is 0 Å². The number of rotatable bonds is 5. The van der Waals surface area contributed by atoms with Gasteiger partial charge in [-0.2, -0.15) is 0 Å². The minimum absolute atomic E-state index is 0.0681. The first-order chi connectivity index (χ1) is 9.23. The van der Waals surface area contributed by atoms with Crippen LogP contribution in [0.5, 0.6) is 0 Å². The molecule has 0 aliphatic heterocycles. The number of halogens is 1. The lowest BCUT2D eigenvalue weighted by Gasteiger charge is -2.16. The van der Waals surface area contributed by atoms with Gasteiger partial charge < -0.3 is 15.5 Å². The number of nitro groups is 1. The highest BCUT2D eigenvalue weighted by molar-refractivity contribution is 6.31. The van der Waals surface area contributed by atoms with Gasteiger partial charge in [-0.25, -0.2) is 4.79 Å². The number of aliphatic carboxylic acids is 1. The number of carbonyl (C=O) groups excluding carboxylic acids is 1. The highest BCUT2D eigenvalue weighted by atomic mass is 35.5. The van der Waals surface area contributed by atoms with Crippen molar-refractivity contribution in [1.29, 1.82) is 0 Å². The smallest absolute Gasteiger partial charge is 0.328 e. The second-order valence-electron chi connectivity index (χ2n) is 3.95. The van der Waals surface area contributed by atoms with Gasteiger partial charge in [-0.15, -0.1) is 0 Å². The Morgan fingerprint density at radius 1 is 1.45 bits per heavy atom. The Balaban J connectivity index is 3.09. The molecule has 8 nitrogen and oxygen atoms in total. The number of nitro benzene ring substituents is 1. The van der Waals surface area contributed by atoms with Crippen molar-refractivity contribution in [3.05, 3.63) is 38.9 Å². The van der Waals surface area contributed by atoms with Crippen molar-refractivity contribution >= 4 is 29.2 Å². The molecule has 1 aromatic carbocycles. The Morgan fingerprint density at radius 2 is 2.05 bits per heavy atom. The maximum atomic E-state index is 11.9. The second-order valence-corrected chi connectivity index (χ2v) is 4.38. The van der Waals surface area contributed by atoms with Gasteiger partial charge in [-0.3, -0.25) is 14.9 Å². The second kappa shape index (κ2) is 6.31. The van der Waals surface area contributed by atoms with Gasteiger partial charge in [0.05, 0.1) is 11.0 Å². The Kier molecular flexibility index (Phi) is 5.00. The molecule has 0 aliphatic carbocycles. The molecule has 0 aliphatic rings. The van der Waals surface area contributed by atoms with Crippen LogP contribution in [0.2, 0.25) is 5.02 Å². The van der Waals surface area contributed by atoms with Gasteiger partial charge in [-0.05, 0) is 19.1 Å². The summed E-state index contributed by atoms with van der Waals surface area (Å²) in [6.07, 6.45) is -1.36. The summed E-state index contributed by atoms with van der Waals surface area (Å²) in [4.78, 5) is 32.7. The molecule has 0 fully saturated rings. The summed E-state index contributed by atoms with van der Waals surface area (Å²) in [5.41, 5.74) is -0.893. The fourth-order valence-corrected chi connectivity index (χ4v) is 1.62. The first-order valence-corrected chi connectivity index (χ1v) is 5.77. The first kappa shape index (κ1) is 15.9. The molecule has 0 radical (unpaired) electrons. The normalized spacial score (nSPS) is 13.3. The fraction of sp³-hybridized carbons (Fsp3) is 0.273. The number of carboxylic acid groups (broad SMARTS) is 1. The molecule has 0 heterocycles. The number of nitrogens with one attached hydrogen (secondary N) is 1. The summed E-state index contributed by atoms with van der Waals surface area (Å²) in [6, 6.07) is 1.78. The van der Waals surface area contributed by atoms with Crippen LogP contribution in [0.1, 0.15) is 17.3 Å². The maximum absolute atomic E-state index is 11.9. The van der Waals surface area contributed by atoms with E-state index in [1.807, 2.05) is 5.32 Å². The highest BCUT2D eigenvalue weighted by Crippen LogP contribution is 2.23. The lowest BCUT2D eigenvalue weighted by atomic mass is 10.1. The maximum Gasteiger partial charge on any atom is 0.328 e. The van der Waals surface area contributed by atoms with Crippen molar-refractivity contribution in [2.75, 3.05) is 0 Å². The van der Waals surface area contributed by atoms with Gasteiger partial charge in [0.1, 0.15) is 5.56 Å². The standard InChI is InChI=1S/C11H11ClN2O6/c1-5(15)9(11(17)18)13-10(16)7-3-2-6(12)4-8(7)14(19)20/h2-5,9,15H,1H3,(H,13,16)(H,17,18)/t5-,9+/m1/s1. The third kappa shape index (κ3) is 3.65. The van der Waals surface area contributed by atoms with E-state index < -0.39 is 34.6 Å². The average molecular weight is 303 g/mol. The van der Waals surface area contributed by atoms with Crippen LogP contribution in [-0.4, -0.2) is 39.2 Å². The van der Waals surface area contributed by atoms with E-state index >= 15 is 0 Å². The van der Waals surface area contributed by atoms with E-state index in [4.69, 9.17) is 16.7 Å². The Labute approximate surface area is 118 Å². The molecule has 1 aromatic rings. The number of benzene rings is 1. The van der Waals surface area contributed by atoms with Crippen LogP contribution in [0, 0.1) is 10.1 Å². The van der Waals surface area contributed by atoms with Crippen LogP contribution < -0.4 is 5.32 Å². The van der Waals surface area contributed by atoms with Gasteiger partial charge in [-0.1, -0.05) is 11.6 Å². The highest BCUT2D eigenvalue weighted by Gasteiger charge is 2.28. The zero-order valence-electron chi connectivity index (χ0n) is 10.2. The molecule has 2 atom stereocenters. The predicted octanol–water partition coefficient (Wildman–Crippen LogP) is 0.812. The molecule has 0 saturated carbocycles. The van der Waals surface area contributed by atoms with Crippen molar-refractivity contribution in [3.8, 4) is 0 Å². The van der Waals surface area contributed by atoms with E-state index in [-0.39, 0.29) is 10.6 Å². The van der Waals surface area contributed by atoms with Crippen molar-refractivity contribution in [1.82, 2.24) is 5.32 Å². The molecule has 0 aromatic heterocycles. The number of hydrogen-bond acceptors (Lipinski definition) is 5. The van der Waals surface area contributed by atoms with E-state index in [2.05, 4.69) is 0 Å². The van der Waals surface area contributed by atoms with Crippen LogP contribution in [0.4, 0.5) is 5.69 Å². The number of aliphatic hydroxyl groups excluding tert-OH is 1. The average Bonchev–Trinajstić information content (AvgIpc) is 2.34. The third-order valence-corrected chi connectivity index (χ3v) is 2.67. The van der Waals surface area contributed by atoms with Gasteiger partial charge in [0.25, 0.3) is 11.6 Å². The number of hydrogen-bond donors (Lipinski definition) is 3. The predicted molar refractivity (Wildman–Crippen MR) is 68.7 cm³/mol. The molecule has 108 valence electrons. The van der Waals surface area contributed by atoms with Crippen LogP contribution >= 0.6 is 11.6 Å². The molecule has 20 heavy (non-hydrogen) atoms. The summed E-state index contributed by atoms with van der Waals surface area (Å²) in [5.74, 6) is -2.44. The van der Waals surface area contributed by atoms with E-state index in [1.54, 1.807) is 0 Å². The number of carboxylic acids is 1. The topological polar surface area (TPSA) is 130 Å². The molecular weight excluding hydrogens is 292 g/mol. The number of aliphatic hydroxyl groups is 1. The summed E-state index contributed by atoms with van der Waals surface area (Å²) >= 11 is 5.60. The summed E-state index contributed by atoms with van der Waals surface area (Å²) < 4.78 is 0. The van der Waals surface area contributed by atoms with E-state index in [1.165, 1.54) is 13.0 Å². The van der Waals surface area contributed by atoms with Gasteiger partial charge in [0.15, 0.2) is 6.04 Å². The molecule has 0 bridgehead atoms. The Morgan fingerprint density at radius 3 is 2.50 bits per heavy atom. The van der Waals surface area contributed by atoms with Gasteiger partial charge in [0, 0.05) is 11.1 Å². The molecule has 1 amide bonds. The van der Waals surface area contributed by atoms with E-state index in [0.717, 1.165) is 12.1 Å². The summed E-state index contributed by atoms with van der Waals surface area (Å²) in [5, 5.41) is 31.0. The molecule has 0 unspecified atom stereocenters. The minimum atomic E-state index is -1.57. The quantitative estimate of drug-likeness (QED) is 0.545. The lowest BCUT2D eigenvalue weighted by molar-refractivity contribution is -0.385. The summed E-state index contributed by atoms with van der Waals surface area (Å²) in [7, 11) is 0. The Bertz CT molecular complexity index is 560. The van der Waals surface area contributed by atoms with Crippen molar-refractivity contribution < 1.29 is 24.7 Å². The summed E-state index contributed by atoms with van der Waals surface area (Å²) in [6.45, 7) is 1.18. The van der Waals surface area contributed by atoms with Crippen LogP contribution in [0.3, 0.4) is 0 Å². The zero-order valence-corrected chi connectivity index (χ0v) is 11.0. The molecule has 3 N–H and O–H groups in total. The fourth-order valence-electron chi connectivity index (χ4n) is 1.46. The van der Waals surface area contributed by atoms with E-state index in [0.29, 0.717) is 0 Å². The number of nitrogens with zero attached hydrogens (tertiary/aromatic N) is 1. The number of carbonyl (C=O) groups is 2. The van der Waals surface area contributed by atoms with Gasteiger partial charge in [0.2, 0.25) is 0 Å². The minimum Gasteiger partial charge on any atom is -0.480 e. The monoisotopic (exact) mass is 302 g/mol. The van der Waals surface area contributed by atoms with Crippen LogP contribution in [0.15, 0.2) is 18.2 Å². The molecule has 9 heteroatoms. The zero-order chi connectivity index (χ0) is 15.4. The SMILES string of the molecule is C[C@@H](O)[C@H](NC(=O)c1ccc(Cl)cc1[N+](=O)[O-])C(=O)O. The molecular formula is C11H11ClN2O6. The van der Waals surface area contributed by atoms with Crippen LogP contribution in [-0.2, 0) is 4.79 Å². The Hall–Kier alpha value is -2.19. The van der Waals surface area contributed by atoms with E-state index in [9.17, 15) is 24.8 Å². The lowest BCUT2D eigenvalue weighted by Crippen LogP contribution is -2.47. The first-order valence-electron chi connectivity index (χ1n) is 5.39.